The molecule has 0 radical (unpaired) electrons. The van der Waals surface area contributed by atoms with Gasteiger partial charge in [0.05, 0.1) is 0 Å². The molecule has 3 heteroatoms. The molecule has 2 aliphatic heterocycles. The molecule has 22 heavy (non-hydrogen) atoms. The molecule has 1 aromatic rings. The minimum absolute atomic E-state index is 0.331. The summed E-state index contributed by atoms with van der Waals surface area (Å²) >= 11 is 0. The Morgan fingerprint density at radius 1 is 1.18 bits per heavy atom. The number of fused-ring (bicyclic) bond motifs is 2. The zero-order valence-electron chi connectivity index (χ0n) is 13.3. The van der Waals surface area contributed by atoms with Crippen LogP contribution >= 0.6 is 0 Å². The van der Waals surface area contributed by atoms with Crippen LogP contribution in [0.15, 0.2) is 24.3 Å². The van der Waals surface area contributed by atoms with Gasteiger partial charge in [-0.25, -0.2) is 0 Å². The molecule has 3 aliphatic rings. The molecule has 1 spiro atoms. The number of carbonyl (C=O) groups excluding carboxylic acids is 1. The number of hydrogen-bond acceptors (Lipinski definition) is 2. The topological polar surface area (TPSA) is 32.3 Å². The average Bonchev–Trinajstić information content (AvgIpc) is 3.17. The van der Waals surface area contributed by atoms with E-state index in [1.54, 1.807) is 0 Å². The zero-order chi connectivity index (χ0) is 15.0. The summed E-state index contributed by atoms with van der Waals surface area (Å²) in [4.78, 5) is 14.7. The summed E-state index contributed by atoms with van der Waals surface area (Å²) in [6, 6.07) is 8.91. The van der Waals surface area contributed by atoms with Crippen molar-refractivity contribution in [3.8, 4) is 0 Å². The van der Waals surface area contributed by atoms with Gasteiger partial charge in [0.1, 0.15) is 0 Å². The number of hydrogen-bond donors (Lipinski definition) is 1. The fourth-order valence-corrected chi connectivity index (χ4v) is 4.89. The van der Waals surface area contributed by atoms with Crippen LogP contribution in [0, 0.1) is 0 Å². The first-order valence-electron chi connectivity index (χ1n) is 8.86. The summed E-state index contributed by atoms with van der Waals surface area (Å²) in [5.74, 6) is 0.811. The van der Waals surface area contributed by atoms with Gasteiger partial charge in [0.15, 0.2) is 0 Å². The predicted octanol–water partition coefficient (Wildman–Crippen LogP) is 2.81. The molecule has 2 heterocycles. The number of nitrogens with zero attached hydrogens (tertiary/aromatic N) is 1. The van der Waals surface area contributed by atoms with Gasteiger partial charge >= 0.3 is 0 Å². The van der Waals surface area contributed by atoms with Gasteiger partial charge in [-0.15, -0.1) is 0 Å². The Morgan fingerprint density at radius 2 is 1.91 bits per heavy atom. The lowest BCUT2D eigenvalue weighted by molar-refractivity contribution is -0.130. The summed E-state index contributed by atoms with van der Waals surface area (Å²) in [5, 5.41) is 3.49. The Morgan fingerprint density at radius 3 is 2.68 bits per heavy atom. The largest absolute Gasteiger partial charge is 0.343 e. The van der Waals surface area contributed by atoms with Crippen LogP contribution in [0.3, 0.4) is 0 Å². The van der Waals surface area contributed by atoms with Crippen molar-refractivity contribution in [3.63, 3.8) is 0 Å². The van der Waals surface area contributed by atoms with Crippen molar-refractivity contribution in [2.75, 3.05) is 26.2 Å². The van der Waals surface area contributed by atoms with Crippen molar-refractivity contribution in [3.05, 3.63) is 35.4 Å². The third-order valence-corrected chi connectivity index (χ3v) is 6.05. The van der Waals surface area contributed by atoms with Crippen molar-refractivity contribution in [2.45, 2.75) is 49.9 Å². The van der Waals surface area contributed by atoms with Crippen LogP contribution in [0.5, 0.6) is 0 Å². The van der Waals surface area contributed by atoms with E-state index in [9.17, 15) is 4.79 Å². The number of likely N-dealkylation sites (tertiary alicyclic amines) is 1. The summed E-state index contributed by atoms with van der Waals surface area (Å²) < 4.78 is 0. The molecule has 1 N–H and O–H groups in total. The maximum atomic E-state index is 12.6. The first-order valence-corrected chi connectivity index (χ1v) is 8.86. The van der Waals surface area contributed by atoms with E-state index < -0.39 is 0 Å². The van der Waals surface area contributed by atoms with Gasteiger partial charge in [-0.2, -0.15) is 0 Å². The van der Waals surface area contributed by atoms with E-state index in [0.29, 0.717) is 23.7 Å². The van der Waals surface area contributed by atoms with Crippen LogP contribution in [0.4, 0.5) is 0 Å². The molecular weight excluding hydrogens is 272 g/mol. The molecule has 0 aromatic heterocycles. The number of piperidine rings is 1. The van der Waals surface area contributed by atoms with Gasteiger partial charge < -0.3 is 10.2 Å². The van der Waals surface area contributed by atoms with Crippen molar-refractivity contribution in [1.82, 2.24) is 10.2 Å². The fraction of sp³-hybridized carbons (Fsp3) is 0.632. The lowest BCUT2D eigenvalue weighted by Crippen LogP contribution is -2.38. The summed E-state index contributed by atoms with van der Waals surface area (Å²) in [7, 11) is 0. The lowest BCUT2D eigenvalue weighted by Gasteiger charge is -2.35. The average molecular weight is 298 g/mol. The Balaban J connectivity index is 1.57. The van der Waals surface area contributed by atoms with Crippen LogP contribution in [0.25, 0.3) is 0 Å². The standard InChI is InChI=1S/C19H26N2O/c22-18(21-11-3-4-12-21)13-15-14-19(7-9-20-10-8-19)17-6-2-1-5-16(15)17/h1-2,5-6,15,20H,3-4,7-14H2. The molecule has 1 amide bonds. The van der Waals surface area contributed by atoms with Gasteiger partial charge in [-0.1, -0.05) is 24.3 Å². The second-order valence-electron chi connectivity index (χ2n) is 7.31. The zero-order valence-corrected chi connectivity index (χ0v) is 13.3. The first kappa shape index (κ1) is 14.3. The monoisotopic (exact) mass is 298 g/mol. The van der Waals surface area contributed by atoms with Gasteiger partial charge in [0.2, 0.25) is 5.91 Å². The molecule has 1 aromatic carbocycles. The van der Waals surface area contributed by atoms with Gasteiger partial charge in [0.25, 0.3) is 0 Å². The molecule has 4 rings (SSSR count). The SMILES string of the molecule is O=C(CC1CC2(CCNCC2)c2ccccc21)N1CCCC1. The normalized spacial score (nSPS) is 26.4. The highest BCUT2D eigenvalue weighted by molar-refractivity contribution is 5.77. The predicted molar refractivity (Wildman–Crippen MR) is 88.0 cm³/mol. The summed E-state index contributed by atoms with van der Waals surface area (Å²) in [6.45, 7) is 4.17. The molecule has 1 atom stereocenters. The van der Waals surface area contributed by atoms with Crippen LogP contribution in [0.2, 0.25) is 0 Å². The van der Waals surface area contributed by atoms with Gasteiger partial charge in [0, 0.05) is 19.5 Å². The molecule has 0 bridgehead atoms. The third kappa shape index (κ3) is 2.36. The van der Waals surface area contributed by atoms with Gasteiger partial charge in [-0.3, -0.25) is 4.79 Å². The van der Waals surface area contributed by atoms with Crippen molar-refractivity contribution >= 4 is 5.91 Å². The molecule has 1 unspecified atom stereocenters. The van der Waals surface area contributed by atoms with Crippen LogP contribution < -0.4 is 5.32 Å². The number of carbonyl (C=O) groups is 1. The van der Waals surface area contributed by atoms with E-state index in [-0.39, 0.29) is 0 Å². The fourth-order valence-electron chi connectivity index (χ4n) is 4.89. The van der Waals surface area contributed by atoms with E-state index in [1.165, 1.54) is 43.2 Å². The number of amides is 1. The smallest absolute Gasteiger partial charge is 0.223 e. The van der Waals surface area contributed by atoms with Crippen molar-refractivity contribution < 1.29 is 4.79 Å². The third-order valence-electron chi connectivity index (χ3n) is 6.05. The molecule has 118 valence electrons. The molecule has 3 nitrogen and oxygen atoms in total. The first-order chi connectivity index (χ1) is 10.8. The highest BCUT2D eigenvalue weighted by Gasteiger charge is 2.44. The second-order valence-corrected chi connectivity index (χ2v) is 7.31. The molecular formula is C19H26N2O. The quantitative estimate of drug-likeness (QED) is 0.910. The summed E-state index contributed by atoms with van der Waals surface area (Å²) in [6.07, 6.45) is 6.70. The van der Waals surface area contributed by atoms with Gasteiger partial charge in [-0.05, 0) is 67.7 Å². The molecule has 1 aliphatic carbocycles. The lowest BCUT2D eigenvalue weighted by atomic mass is 9.73. The van der Waals surface area contributed by atoms with Crippen LogP contribution in [0.1, 0.15) is 55.6 Å². The minimum atomic E-state index is 0.331. The van der Waals surface area contributed by atoms with Crippen LogP contribution in [-0.2, 0) is 10.2 Å². The summed E-state index contributed by atoms with van der Waals surface area (Å²) in [5.41, 5.74) is 3.32. The van der Waals surface area contributed by atoms with E-state index >= 15 is 0 Å². The molecule has 0 saturated carbocycles. The maximum absolute atomic E-state index is 12.6. The second kappa shape index (κ2) is 5.69. The Hall–Kier alpha value is -1.35. The van der Waals surface area contributed by atoms with Crippen LogP contribution in [-0.4, -0.2) is 37.0 Å². The highest BCUT2D eigenvalue weighted by atomic mass is 16.2. The van der Waals surface area contributed by atoms with E-state index in [1.807, 2.05) is 0 Å². The number of rotatable bonds is 2. The number of benzene rings is 1. The number of nitrogens with one attached hydrogen (secondary N) is 1. The van der Waals surface area contributed by atoms with Crippen molar-refractivity contribution in [1.29, 1.82) is 0 Å². The Kier molecular flexibility index (Phi) is 3.69. The molecule has 2 saturated heterocycles. The van der Waals surface area contributed by atoms with E-state index in [2.05, 4.69) is 34.5 Å². The highest BCUT2D eigenvalue weighted by Crippen LogP contribution is 2.52. The molecule has 2 fully saturated rings. The Labute approximate surface area is 133 Å². The maximum Gasteiger partial charge on any atom is 0.223 e. The van der Waals surface area contributed by atoms with E-state index in [4.69, 9.17) is 0 Å². The van der Waals surface area contributed by atoms with E-state index in [0.717, 1.165) is 26.2 Å². The van der Waals surface area contributed by atoms with Crippen molar-refractivity contribution in [2.24, 2.45) is 0 Å². The Bertz CT molecular complexity index is 556. The minimum Gasteiger partial charge on any atom is -0.343 e.